The van der Waals surface area contributed by atoms with Crippen LogP contribution in [-0.4, -0.2) is 35.8 Å². The Kier molecular flexibility index (Phi) is 7.86. The molecule has 1 atom stereocenters. The van der Waals surface area contributed by atoms with Crippen molar-refractivity contribution in [2.75, 3.05) is 19.7 Å². The standard InChI is InChI=1S/C18H23N3O.C2H6/c1-14-17(4-5-18-13-20-7-8-22-18)10-16(12-21-14)9-15-3-2-6-19-11-15;1-2/h2-3,6,10-12,18,20H,4-5,7-9,13H2,1H3;1-2H3. The van der Waals surface area contributed by atoms with Crippen LogP contribution in [0.15, 0.2) is 36.8 Å². The zero-order chi connectivity index (χ0) is 17.2. The smallest absolute Gasteiger partial charge is 0.0703 e. The van der Waals surface area contributed by atoms with Gasteiger partial charge in [-0.15, -0.1) is 0 Å². The van der Waals surface area contributed by atoms with Gasteiger partial charge in [-0.05, 0) is 42.5 Å². The Morgan fingerprint density at radius 3 is 2.83 bits per heavy atom. The fourth-order valence-corrected chi connectivity index (χ4v) is 2.84. The maximum Gasteiger partial charge on any atom is 0.0703 e. The van der Waals surface area contributed by atoms with Crippen LogP contribution in [0.3, 0.4) is 0 Å². The van der Waals surface area contributed by atoms with Crippen LogP contribution < -0.4 is 5.32 Å². The largest absolute Gasteiger partial charge is 0.376 e. The van der Waals surface area contributed by atoms with E-state index in [-0.39, 0.29) is 0 Å². The maximum atomic E-state index is 5.77. The lowest BCUT2D eigenvalue weighted by atomic mass is 10.0. The van der Waals surface area contributed by atoms with Crippen LogP contribution >= 0.6 is 0 Å². The van der Waals surface area contributed by atoms with Crippen molar-refractivity contribution in [3.05, 3.63) is 59.2 Å². The molecule has 0 saturated carbocycles. The van der Waals surface area contributed by atoms with E-state index < -0.39 is 0 Å². The number of hydrogen-bond acceptors (Lipinski definition) is 4. The third-order valence-electron chi connectivity index (χ3n) is 4.12. The van der Waals surface area contributed by atoms with E-state index >= 15 is 0 Å². The van der Waals surface area contributed by atoms with E-state index in [1.165, 1.54) is 16.7 Å². The normalized spacial score (nSPS) is 17.0. The number of morpholine rings is 1. The summed E-state index contributed by atoms with van der Waals surface area (Å²) >= 11 is 0. The lowest BCUT2D eigenvalue weighted by Crippen LogP contribution is -2.38. The van der Waals surface area contributed by atoms with E-state index in [1.807, 2.05) is 32.3 Å². The maximum absolute atomic E-state index is 5.77. The summed E-state index contributed by atoms with van der Waals surface area (Å²) in [5.74, 6) is 0. The van der Waals surface area contributed by atoms with Gasteiger partial charge in [-0.3, -0.25) is 9.97 Å². The highest BCUT2D eigenvalue weighted by Gasteiger charge is 2.14. The Morgan fingerprint density at radius 1 is 1.25 bits per heavy atom. The predicted octanol–water partition coefficient (Wildman–Crippen LogP) is 3.32. The molecule has 0 radical (unpaired) electrons. The SMILES string of the molecule is CC.Cc1ncc(Cc2cccnc2)cc1CCC1CNCCO1. The number of hydrogen-bond donors (Lipinski definition) is 1. The minimum atomic E-state index is 0.329. The van der Waals surface area contributed by atoms with Gasteiger partial charge in [0.05, 0.1) is 12.7 Å². The van der Waals surface area contributed by atoms with Gasteiger partial charge in [0.1, 0.15) is 0 Å². The highest BCUT2D eigenvalue weighted by Crippen LogP contribution is 2.15. The molecule has 1 saturated heterocycles. The second kappa shape index (κ2) is 10.2. The summed E-state index contributed by atoms with van der Waals surface area (Å²) in [7, 11) is 0. The molecule has 2 aromatic rings. The van der Waals surface area contributed by atoms with Crippen molar-refractivity contribution < 1.29 is 4.74 Å². The topological polar surface area (TPSA) is 47.0 Å². The Balaban J connectivity index is 0.00000100. The first-order chi connectivity index (χ1) is 11.8. The van der Waals surface area contributed by atoms with Gasteiger partial charge in [-0.2, -0.15) is 0 Å². The third kappa shape index (κ3) is 5.69. The molecule has 1 aliphatic heterocycles. The second-order valence-electron chi connectivity index (χ2n) is 5.86. The first-order valence-corrected chi connectivity index (χ1v) is 8.97. The number of rotatable bonds is 5. The zero-order valence-corrected chi connectivity index (χ0v) is 15.1. The van der Waals surface area contributed by atoms with Crippen LogP contribution in [-0.2, 0) is 17.6 Å². The molecular weight excluding hydrogens is 298 g/mol. The van der Waals surface area contributed by atoms with E-state index in [0.717, 1.165) is 44.7 Å². The lowest BCUT2D eigenvalue weighted by molar-refractivity contribution is 0.0238. The summed E-state index contributed by atoms with van der Waals surface area (Å²) in [5, 5.41) is 3.38. The van der Waals surface area contributed by atoms with E-state index in [1.54, 1.807) is 6.20 Å². The number of aryl methyl sites for hydroxylation is 2. The molecule has 1 unspecified atom stereocenters. The van der Waals surface area contributed by atoms with Gasteiger partial charge in [-0.25, -0.2) is 0 Å². The number of ether oxygens (including phenoxy) is 1. The summed E-state index contributed by atoms with van der Waals surface area (Å²) in [4.78, 5) is 8.74. The molecule has 3 heterocycles. The van der Waals surface area contributed by atoms with E-state index in [2.05, 4.69) is 34.3 Å². The number of pyridine rings is 2. The average Bonchev–Trinajstić information content (AvgIpc) is 2.65. The van der Waals surface area contributed by atoms with Gasteiger partial charge in [0.25, 0.3) is 0 Å². The van der Waals surface area contributed by atoms with E-state index in [9.17, 15) is 0 Å². The van der Waals surface area contributed by atoms with Crippen LogP contribution in [0.1, 0.15) is 42.7 Å². The quantitative estimate of drug-likeness (QED) is 0.915. The Bertz CT molecular complexity index is 595. The molecule has 0 aromatic carbocycles. The minimum Gasteiger partial charge on any atom is -0.376 e. The number of aromatic nitrogens is 2. The van der Waals surface area contributed by atoms with Gasteiger partial charge >= 0.3 is 0 Å². The van der Waals surface area contributed by atoms with Crippen LogP contribution in [0.2, 0.25) is 0 Å². The Morgan fingerprint density at radius 2 is 2.12 bits per heavy atom. The van der Waals surface area contributed by atoms with Gasteiger partial charge in [-0.1, -0.05) is 26.0 Å². The molecule has 0 bridgehead atoms. The van der Waals surface area contributed by atoms with Crippen molar-refractivity contribution in [2.24, 2.45) is 0 Å². The molecule has 1 aliphatic rings. The van der Waals surface area contributed by atoms with Gasteiger partial charge < -0.3 is 10.1 Å². The van der Waals surface area contributed by atoms with Gasteiger partial charge in [0, 0.05) is 43.8 Å². The number of nitrogens with zero attached hydrogens (tertiary/aromatic N) is 2. The molecule has 0 aliphatic carbocycles. The van der Waals surface area contributed by atoms with Gasteiger partial charge in [0.2, 0.25) is 0 Å². The highest BCUT2D eigenvalue weighted by atomic mass is 16.5. The monoisotopic (exact) mass is 327 g/mol. The molecule has 0 amide bonds. The molecule has 2 aromatic heterocycles. The molecule has 1 fully saturated rings. The van der Waals surface area contributed by atoms with Crippen molar-refractivity contribution in [1.82, 2.24) is 15.3 Å². The van der Waals surface area contributed by atoms with Crippen LogP contribution in [0.5, 0.6) is 0 Å². The Hall–Kier alpha value is -1.78. The highest BCUT2D eigenvalue weighted by molar-refractivity contribution is 5.28. The molecule has 4 heteroatoms. The summed E-state index contributed by atoms with van der Waals surface area (Å²) in [5.41, 5.74) is 4.92. The molecular formula is C20H29N3O. The van der Waals surface area contributed by atoms with E-state index in [4.69, 9.17) is 4.74 Å². The summed E-state index contributed by atoms with van der Waals surface area (Å²) in [6, 6.07) is 6.37. The van der Waals surface area contributed by atoms with Crippen LogP contribution in [0.25, 0.3) is 0 Å². The van der Waals surface area contributed by atoms with Crippen LogP contribution in [0, 0.1) is 6.92 Å². The predicted molar refractivity (Wildman–Crippen MR) is 98.3 cm³/mol. The summed E-state index contributed by atoms with van der Waals surface area (Å²) < 4.78 is 5.77. The van der Waals surface area contributed by atoms with Crippen molar-refractivity contribution >= 4 is 0 Å². The molecule has 130 valence electrons. The zero-order valence-electron chi connectivity index (χ0n) is 15.1. The van der Waals surface area contributed by atoms with Crippen molar-refractivity contribution in [3.8, 4) is 0 Å². The second-order valence-corrected chi connectivity index (χ2v) is 5.86. The lowest BCUT2D eigenvalue weighted by Gasteiger charge is -2.23. The molecule has 1 N–H and O–H groups in total. The van der Waals surface area contributed by atoms with Crippen LogP contribution in [0.4, 0.5) is 0 Å². The first-order valence-electron chi connectivity index (χ1n) is 8.97. The molecule has 0 spiro atoms. The van der Waals surface area contributed by atoms with E-state index in [0.29, 0.717) is 6.10 Å². The van der Waals surface area contributed by atoms with Crippen molar-refractivity contribution in [2.45, 2.75) is 46.1 Å². The molecule has 3 rings (SSSR count). The van der Waals surface area contributed by atoms with Gasteiger partial charge in [0.15, 0.2) is 0 Å². The number of nitrogens with one attached hydrogen (secondary N) is 1. The first kappa shape index (κ1) is 18.6. The summed E-state index contributed by atoms with van der Waals surface area (Å²) in [6.45, 7) is 8.84. The Labute approximate surface area is 145 Å². The fourth-order valence-electron chi connectivity index (χ4n) is 2.84. The fraction of sp³-hybridized carbons (Fsp3) is 0.500. The van der Waals surface area contributed by atoms with Crippen molar-refractivity contribution in [3.63, 3.8) is 0 Å². The third-order valence-corrected chi connectivity index (χ3v) is 4.12. The minimum absolute atomic E-state index is 0.329. The molecule has 24 heavy (non-hydrogen) atoms. The molecule has 4 nitrogen and oxygen atoms in total. The van der Waals surface area contributed by atoms with Crippen molar-refractivity contribution in [1.29, 1.82) is 0 Å². The summed E-state index contributed by atoms with van der Waals surface area (Å²) in [6.07, 6.45) is 8.98. The average molecular weight is 327 g/mol.